The number of carbonyl (C=O) groups is 1. The Morgan fingerprint density at radius 3 is 2.96 bits per heavy atom. The molecule has 1 N–H and O–H groups in total. The van der Waals surface area contributed by atoms with Crippen molar-refractivity contribution in [2.45, 2.75) is 38.3 Å². The molecule has 0 bridgehead atoms. The predicted molar refractivity (Wildman–Crippen MR) is 85.8 cm³/mol. The number of nitrogens with one attached hydrogen (secondary N) is 1. The molecule has 0 saturated carbocycles. The first-order valence-electron chi connectivity index (χ1n) is 7.88. The summed E-state index contributed by atoms with van der Waals surface area (Å²) >= 11 is 0. The molecule has 3 atom stereocenters. The highest BCUT2D eigenvalue weighted by molar-refractivity contribution is 5.83. The summed E-state index contributed by atoms with van der Waals surface area (Å²) in [6.07, 6.45) is 5.95. The Bertz CT molecular complexity index is 683. The molecular formula is C17H22N4O2. The molecule has 122 valence electrons. The van der Waals surface area contributed by atoms with E-state index in [2.05, 4.69) is 15.4 Å². The second-order valence-corrected chi connectivity index (χ2v) is 6.01. The van der Waals surface area contributed by atoms with Crippen LogP contribution < -0.4 is 5.32 Å². The average molecular weight is 314 g/mol. The van der Waals surface area contributed by atoms with Crippen molar-refractivity contribution in [3.05, 3.63) is 47.5 Å². The smallest absolute Gasteiger partial charge is 0.227 e. The first-order chi connectivity index (χ1) is 11.1. The molecule has 6 heteroatoms. The number of pyridine rings is 1. The monoisotopic (exact) mass is 314 g/mol. The van der Waals surface area contributed by atoms with Crippen LogP contribution in [0.4, 0.5) is 0 Å². The highest BCUT2D eigenvalue weighted by Crippen LogP contribution is 2.31. The molecule has 2 aromatic heterocycles. The summed E-state index contributed by atoms with van der Waals surface area (Å²) in [6, 6.07) is 3.74. The van der Waals surface area contributed by atoms with Gasteiger partial charge in [-0.3, -0.25) is 14.5 Å². The van der Waals surface area contributed by atoms with Crippen molar-refractivity contribution >= 4 is 5.91 Å². The molecule has 0 unspecified atom stereocenters. The van der Waals surface area contributed by atoms with Gasteiger partial charge < -0.3 is 10.1 Å². The van der Waals surface area contributed by atoms with E-state index in [1.807, 2.05) is 43.9 Å². The molecule has 0 aromatic carbocycles. The summed E-state index contributed by atoms with van der Waals surface area (Å²) in [5, 5.41) is 7.41. The maximum absolute atomic E-state index is 12.6. The zero-order valence-corrected chi connectivity index (χ0v) is 13.7. The number of carbonyl (C=O) groups excluding carboxylic acids is 1. The lowest BCUT2D eigenvalue weighted by Crippen LogP contribution is -2.39. The van der Waals surface area contributed by atoms with E-state index in [9.17, 15) is 4.79 Å². The highest BCUT2D eigenvalue weighted by Gasteiger charge is 2.34. The van der Waals surface area contributed by atoms with Crippen LogP contribution in [-0.2, 0) is 16.6 Å². The van der Waals surface area contributed by atoms with E-state index in [4.69, 9.17) is 4.74 Å². The fraction of sp³-hybridized carbons (Fsp3) is 0.471. The van der Waals surface area contributed by atoms with Gasteiger partial charge in [-0.2, -0.15) is 5.10 Å². The van der Waals surface area contributed by atoms with E-state index < -0.39 is 0 Å². The third-order valence-electron chi connectivity index (χ3n) is 4.58. The fourth-order valence-corrected chi connectivity index (χ4v) is 2.93. The summed E-state index contributed by atoms with van der Waals surface area (Å²) in [6.45, 7) is 4.55. The van der Waals surface area contributed by atoms with Crippen LogP contribution in [0.5, 0.6) is 0 Å². The Morgan fingerprint density at radius 2 is 2.30 bits per heavy atom. The van der Waals surface area contributed by atoms with E-state index in [0.29, 0.717) is 6.61 Å². The number of aryl methyl sites for hydroxylation is 1. The quantitative estimate of drug-likeness (QED) is 0.935. The van der Waals surface area contributed by atoms with Crippen LogP contribution >= 0.6 is 0 Å². The molecule has 1 fully saturated rings. The van der Waals surface area contributed by atoms with Crippen LogP contribution in [0.25, 0.3) is 0 Å². The summed E-state index contributed by atoms with van der Waals surface area (Å²) < 4.78 is 7.68. The fourth-order valence-electron chi connectivity index (χ4n) is 2.93. The lowest BCUT2D eigenvalue weighted by molar-refractivity contribution is -0.123. The van der Waals surface area contributed by atoms with Crippen LogP contribution in [-0.4, -0.2) is 33.3 Å². The molecule has 3 rings (SSSR count). The Labute approximate surface area is 135 Å². The number of ether oxygens (including phenoxy) is 1. The molecule has 23 heavy (non-hydrogen) atoms. The first kappa shape index (κ1) is 15.7. The van der Waals surface area contributed by atoms with Crippen molar-refractivity contribution in [2.75, 3.05) is 6.61 Å². The van der Waals surface area contributed by atoms with Gasteiger partial charge in [-0.15, -0.1) is 0 Å². The van der Waals surface area contributed by atoms with Gasteiger partial charge in [0, 0.05) is 37.3 Å². The predicted octanol–water partition coefficient (Wildman–Crippen LogP) is 1.87. The number of hydrogen-bond acceptors (Lipinski definition) is 4. The second kappa shape index (κ2) is 6.50. The van der Waals surface area contributed by atoms with Crippen LogP contribution in [0.15, 0.2) is 30.7 Å². The maximum atomic E-state index is 12.6. The van der Waals surface area contributed by atoms with Crippen molar-refractivity contribution in [2.24, 2.45) is 7.05 Å². The van der Waals surface area contributed by atoms with Gasteiger partial charge in [0.05, 0.1) is 18.2 Å². The minimum atomic E-state index is -0.236. The van der Waals surface area contributed by atoms with Crippen molar-refractivity contribution in [1.82, 2.24) is 20.1 Å². The Hall–Kier alpha value is -2.21. The second-order valence-electron chi connectivity index (χ2n) is 6.01. The van der Waals surface area contributed by atoms with Gasteiger partial charge in [0.25, 0.3) is 0 Å². The van der Waals surface area contributed by atoms with Crippen LogP contribution in [0, 0.1) is 6.92 Å². The molecule has 1 saturated heterocycles. The van der Waals surface area contributed by atoms with Crippen molar-refractivity contribution in [3.8, 4) is 0 Å². The topological polar surface area (TPSA) is 69.0 Å². The minimum absolute atomic E-state index is 0.0000402. The lowest BCUT2D eigenvalue weighted by atomic mass is 9.99. The van der Waals surface area contributed by atoms with Gasteiger partial charge in [0.2, 0.25) is 5.91 Å². The molecule has 0 aliphatic carbocycles. The number of amides is 1. The number of nitrogens with zero attached hydrogens (tertiary/aromatic N) is 3. The van der Waals surface area contributed by atoms with Gasteiger partial charge in [-0.05, 0) is 31.9 Å². The Kier molecular flexibility index (Phi) is 4.43. The molecule has 1 amide bonds. The minimum Gasteiger partial charge on any atom is -0.371 e. The van der Waals surface area contributed by atoms with E-state index in [1.54, 1.807) is 12.4 Å². The number of aromatic nitrogens is 3. The van der Waals surface area contributed by atoms with Crippen molar-refractivity contribution in [3.63, 3.8) is 0 Å². The average Bonchev–Trinajstić information content (AvgIpc) is 3.15. The zero-order valence-electron chi connectivity index (χ0n) is 13.7. The van der Waals surface area contributed by atoms with E-state index in [1.165, 1.54) is 0 Å². The third-order valence-corrected chi connectivity index (χ3v) is 4.58. The van der Waals surface area contributed by atoms with Crippen molar-refractivity contribution < 1.29 is 9.53 Å². The van der Waals surface area contributed by atoms with Gasteiger partial charge in [-0.25, -0.2) is 0 Å². The summed E-state index contributed by atoms with van der Waals surface area (Å²) in [5.41, 5.74) is 3.03. The Balaban J connectivity index is 1.71. The van der Waals surface area contributed by atoms with E-state index in [-0.39, 0.29) is 24.0 Å². The van der Waals surface area contributed by atoms with Gasteiger partial charge in [0.15, 0.2) is 0 Å². The van der Waals surface area contributed by atoms with E-state index >= 15 is 0 Å². The molecule has 2 aromatic rings. The molecule has 0 spiro atoms. The molecule has 6 nitrogen and oxygen atoms in total. The number of hydrogen-bond donors (Lipinski definition) is 1. The molecule has 1 aliphatic rings. The zero-order chi connectivity index (χ0) is 16.4. The summed E-state index contributed by atoms with van der Waals surface area (Å²) in [5.74, 6) is -0.236. The molecule has 0 radical (unpaired) electrons. The maximum Gasteiger partial charge on any atom is 0.227 e. The van der Waals surface area contributed by atoms with E-state index in [0.717, 1.165) is 23.2 Å². The Morgan fingerprint density at radius 1 is 1.48 bits per heavy atom. The van der Waals surface area contributed by atoms with Crippen LogP contribution in [0.1, 0.15) is 42.2 Å². The standard InChI is InChI=1S/C17H22N4O2/c1-11(13-5-4-7-18-9-13)17(22)20-15-6-8-23-16(15)14-10-19-21(3)12(14)2/h4-5,7,9-11,15-16H,6,8H2,1-3H3,(H,20,22)/t11-,15-,16+/m0/s1. The molecule has 1 aliphatic heterocycles. The van der Waals surface area contributed by atoms with Crippen LogP contribution in [0.2, 0.25) is 0 Å². The van der Waals surface area contributed by atoms with Gasteiger partial charge in [0.1, 0.15) is 6.10 Å². The third kappa shape index (κ3) is 3.12. The largest absolute Gasteiger partial charge is 0.371 e. The SMILES string of the molecule is Cc1c([C@H]2OCC[C@@H]2NC(=O)[C@@H](C)c2cccnc2)cnn1C. The van der Waals surface area contributed by atoms with Crippen LogP contribution in [0.3, 0.4) is 0 Å². The lowest BCUT2D eigenvalue weighted by Gasteiger charge is -2.22. The highest BCUT2D eigenvalue weighted by atomic mass is 16.5. The van der Waals surface area contributed by atoms with Gasteiger partial charge in [-0.1, -0.05) is 6.07 Å². The normalized spacial score (nSPS) is 22.0. The van der Waals surface area contributed by atoms with Gasteiger partial charge >= 0.3 is 0 Å². The van der Waals surface area contributed by atoms with Crippen molar-refractivity contribution in [1.29, 1.82) is 0 Å². The number of rotatable bonds is 4. The summed E-state index contributed by atoms with van der Waals surface area (Å²) in [4.78, 5) is 16.6. The first-order valence-corrected chi connectivity index (χ1v) is 7.88. The molecular weight excluding hydrogens is 292 g/mol. The summed E-state index contributed by atoms with van der Waals surface area (Å²) in [7, 11) is 1.91. The molecule has 3 heterocycles.